The fourth-order valence-electron chi connectivity index (χ4n) is 2.39. The van der Waals surface area contributed by atoms with Gasteiger partial charge in [0.1, 0.15) is 0 Å². The van der Waals surface area contributed by atoms with Crippen LogP contribution in [0.4, 0.5) is 0 Å². The lowest BCUT2D eigenvalue weighted by atomic mass is 9.83. The lowest BCUT2D eigenvalue weighted by Crippen LogP contribution is -2.16. The Hall–Kier alpha value is -0.860. The van der Waals surface area contributed by atoms with Crippen molar-refractivity contribution in [1.82, 2.24) is 0 Å². The quantitative estimate of drug-likeness (QED) is 0.728. The Kier molecular flexibility index (Phi) is 6.90. The molecule has 0 aliphatic heterocycles. The average molecular weight is 236 g/mol. The summed E-state index contributed by atoms with van der Waals surface area (Å²) < 4.78 is 0. The highest BCUT2D eigenvalue weighted by Crippen LogP contribution is 2.24. The summed E-state index contributed by atoms with van der Waals surface area (Å²) in [5.41, 5.74) is 1.35. The van der Waals surface area contributed by atoms with Gasteiger partial charge in [0.2, 0.25) is 0 Å². The van der Waals surface area contributed by atoms with Crippen molar-refractivity contribution >= 4 is 0 Å². The molecule has 1 aromatic carbocycles. The number of rotatable bonds is 8. The summed E-state index contributed by atoms with van der Waals surface area (Å²) in [6, 6.07) is 10.5. The molecule has 0 aliphatic carbocycles. The molecule has 0 aliphatic rings. The molecule has 0 spiro atoms. The van der Waals surface area contributed by atoms with E-state index in [1.165, 1.54) is 5.56 Å². The number of hydrogen-bond donors (Lipinski definition) is 2. The monoisotopic (exact) mass is 236 g/mol. The number of aliphatic hydroxyl groups is 2. The zero-order chi connectivity index (χ0) is 12.5. The van der Waals surface area contributed by atoms with Crippen molar-refractivity contribution in [3.05, 3.63) is 35.9 Å². The van der Waals surface area contributed by atoms with E-state index >= 15 is 0 Å². The van der Waals surface area contributed by atoms with Crippen LogP contribution in [0.3, 0.4) is 0 Å². The normalized spacial score (nSPS) is 14.5. The van der Waals surface area contributed by atoms with Crippen LogP contribution in [-0.4, -0.2) is 23.4 Å². The molecule has 2 heteroatoms. The van der Waals surface area contributed by atoms with E-state index in [0.717, 1.165) is 25.7 Å². The second-order valence-electron chi connectivity index (χ2n) is 4.81. The number of hydrogen-bond acceptors (Lipinski definition) is 2. The molecule has 1 aromatic rings. The van der Waals surface area contributed by atoms with Gasteiger partial charge in [-0.05, 0) is 43.1 Å². The molecule has 2 nitrogen and oxygen atoms in total. The van der Waals surface area contributed by atoms with Crippen molar-refractivity contribution in [2.45, 2.75) is 32.6 Å². The molecule has 17 heavy (non-hydrogen) atoms. The van der Waals surface area contributed by atoms with E-state index in [0.29, 0.717) is 11.8 Å². The second-order valence-corrected chi connectivity index (χ2v) is 4.81. The summed E-state index contributed by atoms with van der Waals surface area (Å²) in [5, 5.41) is 18.0. The maximum absolute atomic E-state index is 9.09. The first kappa shape index (κ1) is 14.2. The molecule has 0 saturated carbocycles. The molecule has 1 rings (SSSR count). The first-order valence-electron chi connectivity index (χ1n) is 6.53. The standard InChI is InChI=1S/C15H24O2/c1-13(12-14-6-3-2-4-7-14)15(9-11-17)8-5-10-16/h2-4,6-7,13,15-17H,5,8-12H2,1H3. The lowest BCUT2D eigenvalue weighted by molar-refractivity contribution is 0.199. The lowest BCUT2D eigenvalue weighted by Gasteiger charge is -2.23. The molecule has 2 N–H and O–H groups in total. The van der Waals surface area contributed by atoms with E-state index in [9.17, 15) is 0 Å². The van der Waals surface area contributed by atoms with Gasteiger partial charge in [0, 0.05) is 13.2 Å². The minimum absolute atomic E-state index is 0.245. The van der Waals surface area contributed by atoms with E-state index < -0.39 is 0 Å². The summed E-state index contributed by atoms with van der Waals surface area (Å²) in [6.07, 6.45) is 3.74. The molecule has 0 radical (unpaired) electrons. The van der Waals surface area contributed by atoms with Crippen LogP contribution >= 0.6 is 0 Å². The Morgan fingerprint density at radius 1 is 1.00 bits per heavy atom. The van der Waals surface area contributed by atoms with Crippen LogP contribution in [0.25, 0.3) is 0 Å². The molecule has 0 amide bonds. The fraction of sp³-hybridized carbons (Fsp3) is 0.600. The second kappa shape index (κ2) is 8.26. The Bertz CT molecular complexity index is 284. The van der Waals surface area contributed by atoms with Gasteiger partial charge in [0.15, 0.2) is 0 Å². The minimum Gasteiger partial charge on any atom is -0.396 e. The van der Waals surface area contributed by atoms with Crippen LogP contribution in [0, 0.1) is 11.8 Å². The van der Waals surface area contributed by atoms with Crippen LogP contribution in [0.15, 0.2) is 30.3 Å². The van der Waals surface area contributed by atoms with Crippen molar-refractivity contribution in [2.24, 2.45) is 11.8 Å². The van der Waals surface area contributed by atoms with Crippen LogP contribution in [-0.2, 0) is 6.42 Å². The van der Waals surface area contributed by atoms with E-state index in [-0.39, 0.29) is 13.2 Å². The topological polar surface area (TPSA) is 40.5 Å². The van der Waals surface area contributed by atoms with Gasteiger partial charge in [0.05, 0.1) is 0 Å². The van der Waals surface area contributed by atoms with Crippen molar-refractivity contribution < 1.29 is 10.2 Å². The number of aliphatic hydroxyl groups excluding tert-OH is 2. The van der Waals surface area contributed by atoms with Crippen molar-refractivity contribution in [1.29, 1.82) is 0 Å². The zero-order valence-corrected chi connectivity index (χ0v) is 10.7. The third-order valence-corrected chi connectivity index (χ3v) is 3.44. The highest BCUT2D eigenvalue weighted by atomic mass is 16.3. The van der Waals surface area contributed by atoms with E-state index in [1.807, 2.05) is 6.07 Å². The van der Waals surface area contributed by atoms with Gasteiger partial charge in [-0.2, -0.15) is 0 Å². The van der Waals surface area contributed by atoms with E-state index in [1.54, 1.807) is 0 Å². The van der Waals surface area contributed by atoms with Crippen LogP contribution in [0.1, 0.15) is 31.7 Å². The predicted octanol–water partition coefficient (Wildman–Crippen LogP) is 2.64. The zero-order valence-electron chi connectivity index (χ0n) is 10.7. The molecule has 0 heterocycles. The molecule has 0 bridgehead atoms. The Balaban J connectivity index is 2.49. The van der Waals surface area contributed by atoms with E-state index in [4.69, 9.17) is 10.2 Å². The molecule has 0 saturated heterocycles. The summed E-state index contributed by atoms with van der Waals surface area (Å²) in [7, 11) is 0. The SMILES string of the molecule is CC(Cc1ccccc1)C(CCO)CCCO. The third-order valence-electron chi connectivity index (χ3n) is 3.44. The highest BCUT2D eigenvalue weighted by Gasteiger charge is 2.16. The maximum atomic E-state index is 9.09. The third kappa shape index (κ3) is 5.33. The van der Waals surface area contributed by atoms with E-state index in [2.05, 4.69) is 31.2 Å². The van der Waals surface area contributed by atoms with Gasteiger partial charge in [0.25, 0.3) is 0 Å². The molecule has 0 fully saturated rings. The smallest absolute Gasteiger partial charge is 0.0433 e. The summed E-state index contributed by atoms with van der Waals surface area (Å²) in [4.78, 5) is 0. The summed E-state index contributed by atoms with van der Waals surface area (Å²) >= 11 is 0. The Morgan fingerprint density at radius 3 is 2.29 bits per heavy atom. The predicted molar refractivity (Wildman–Crippen MR) is 70.8 cm³/mol. The average Bonchev–Trinajstić information content (AvgIpc) is 2.35. The maximum Gasteiger partial charge on any atom is 0.0433 e. The molecular formula is C15H24O2. The van der Waals surface area contributed by atoms with Gasteiger partial charge < -0.3 is 10.2 Å². The molecule has 2 unspecified atom stereocenters. The molecule has 2 atom stereocenters. The highest BCUT2D eigenvalue weighted by molar-refractivity contribution is 5.15. The Labute approximate surface area is 104 Å². The molecule has 0 aromatic heterocycles. The molecular weight excluding hydrogens is 212 g/mol. The van der Waals surface area contributed by atoms with Gasteiger partial charge in [-0.25, -0.2) is 0 Å². The van der Waals surface area contributed by atoms with Gasteiger partial charge in [-0.3, -0.25) is 0 Å². The molecule has 96 valence electrons. The first-order valence-corrected chi connectivity index (χ1v) is 6.53. The largest absolute Gasteiger partial charge is 0.396 e. The summed E-state index contributed by atoms with van der Waals surface area (Å²) in [6.45, 7) is 2.74. The van der Waals surface area contributed by atoms with Gasteiger partial charge in [-0.1, -0.05) is 37.3 Å². The van der Waals surface area contributed by atoms with Gasteiger partial charge >= 0.3 is 0 Å². The van der Waals surface area contributed by atoms with Crippen LogP contribution in [0.5, 0.6) is 0 Å². The minimum atomic E-state index is 0.245. The van der Waals surface area contributed by atoms with Crippen molar-refractivity contribution in [3.8, 4) is 0 Å². The van der Waals surface area contributed by atoms with Crippen LogP contribution in [0.2, 0.25) is 0 Å². The fourth-order valence-corrected chi connectivity index (χ4v) is 2.39. The van der Waals surface area contributed by atoms with Crippen molar-refractivity contribution in [2.75, 3.05) is 13.2 Å². The Morgan fingerprint density at radius 2 is 1.71 bits per heavy atom. The van der Waals surface area contributed by atoms with Crippen LogP contribution < -0.4 is 0 Å². The summed E-state index contributed by atoms with van der Waals surface area (Å²) in [5.74, 6) is 1.06. The van der Waals surface area contributed by atoms with Crippen molar-refractivity contribution in [3.63, 3.8) is 0 Å². The number of benzene rings is 1. The first-order chi connectivity index (χ1) is 8.27. The van der Waals surface area contributed by atoms with Gasteiger partial charge in [-0.15, -0.1) is 0 Å².